The lowest BCUT2D eigenvalue weighted by Gasteiger charge is -2.48. The molecule has 12 aliphatic carbocycles. The van der Waals surface area contributed by atoms with E-state index >= 15 is 0 Å². The van der Waals surface area contributed by atoms with Gasteiger partial charge in [0.2, 0.25) is 0 Å². The molecule has 6 heteroatoms. The second kappa shape index (κ2) is 31.3. The molecule has 0 fully saturated rings. The zero-order chi connectivity index (χ0) is 83.9. The van der Waals surface area contributed by atoms with Crippen molar-refractivity contribution < 1.29 is 18.9 Å². The minimum absolute atomic E-state index is 0.0111. The number of thiophene rings is 2. The number of hydrogen-bond acceptors (Lipinski definition) is 6. The van der Waals surface area contributed by atoms with E-state index in [9.17, 15) is 0 Å². The Labute approximate surface area is 749 Å². The summed E-state index contributed by atoms with van der Waals surface area (Å²) in [6.45, 7) is 11.1. The summed E-state index contributed by atoms with van der Waals surface area (Å²) in [7, 11) is 0. The van der Waals surface area contributed by atoms with E-state index < -0.39 is 0 Å². The molecule has 0 spiro atoms. The Kier molecular flexibility index (Phi) is 19.1. The van der Waals surface area contributed by atoms with Crippen molar-refractivity contribution in [3.8, 4) is 70.4 Å². The zero-order valence-electron chi connectivity index (χ0n) is 72.0. The highest BCUT2D eigenvalue weighted by Crippen LogP contribution is 2.67. The third kappa shape index (κ3) is 12.1. The monoisotopic (exact) mass is 1670 g/mol. The van der Waals surface area contributed by atoms with Crippen LogP contribution in [0.5, 0.6) is 23.0 Å². The van der Waals surface area contributed by atoms with Gasteiger partial charge in [-0.1, -0.05) is 350 Å². The van der Waals surface area contributed by atoms with Crippen molar-refractivity contribution in [1.82, 2.24) is 0 Å². The van der Waals surface area contributed by atoms with Gasteiger partial charge < -0.3 is 18.9 Å². The summed E-state index contributed by atoms with van der Waals surface area (Å²) < 4.78 is 29.8. The van der Waals surface area contributed by atoms with Crippen LogP contribution < -0.4 is 18.9 Å². The summed E-state index contributed by atoms with van der Waals surface area (Å²) in [5.74, 6) is 35.2. The molecule has 4 heterocycles. The topological polar surface area (TPSA) is 36.9 Å². The van der Waals surface area contributed by atoms with E-state index in [0.717, 1.165) is 97.7 Å². The molecular weight excluding hydrogens is 1570 g/mol. The minimum Gasteiger partial charge on any atom is -0.488 e. The van der Waals surface area contributed by atoms with E-state index in [2.05, 4.69) is 323 Å². The molecule has 0 amide bonds. The second-order valence-electron chi connectivity index (χ2n) is 37.2. The van der Waals surface area contributed by atoms with Crippen molar-refractivity contribution in [2.24, 2.45) is 10.8 Å². The summed E-state index contributed by atoms with van der Waals surface area (Å²) in [6, 6.07) is 96.1. The van der Waals surface area contributed by atoms with Crippen molar-refractivity contribution in [1.29, 1.82) is 0 Å². The van der Waals surface area contributed by atoms with Gasteiger partial charge in [0.05, 0.1) is 31.3 Å². The first kappa shape index (κ1) is 77.1. The molecule has 2 aliphatic heterocycles. The van der Waals surface area contributed by atoms with Gasteiger partial charge in [0.1, 0.15) is 9.75 Å². The van der Waals surface area contributed by atoms with Crippen molar-refractivity contribution in [2.75, 3.05) is 26.4 Å². The molecule has 12 aromatic carbocycles. The second-order valence-corrected chi connectivity index (χ2v) is 39.6. The molecule has 14 aliphatic rings. The van der Waals surface area contributed by atoms with Crippen LogP contribution >= 0.6 is 22.7 Å². The Hall–Kier alpha value is -12.5. The average molecular weight is 1670 g/mol. The average Bonchev–Trinajstić information content (AvgIpc) is 0.712. The van der Waals surface area contributed by atoms with Crippen LogP contribution in [0.2, 0.25) is 0 Å². The largest absolute Gasteiger partial charge is 0.488 e. The maximum atomic E-state index is 7.66. The maximum Gasteiger partial charge on any atom is 0.188 e. The molecular formula is C120H98O4S2. The van der Waals surface area contributed by atoms with Crippen molar-refractivity contribution in [2.45, 2.75) is 165 Å². The van der Waals surface area contributed by atoms with Crippen LogP contribution in [0, 0.1) is 65.1 Å². The predicted octanol–water partition coefficient (Wildman–Crippen LogP) is 27.2. The summed E-state index contributed by atoms with van der Waals surface area (Å²) in [5.41, 5.74) is 38.9. The first-order valence-electron chi connectivity index (χ1n) is 46.3. The van der Waals surface area contributed by atoms with Crippen molar-refractivity contribution in [3.63, 3.8) is 0 Å². The minimum atomic E-state index is -0.341. The fourth-order valence-corrected chi connectivity index (χ4v) is 26.8. The highest BCUT2D eigenvalue weighted by atomic mass is 32.1. The molecule has 8 bridgehead atoms. The lowest BCUT2D eigenvalue weighted by atomic mass is 9.53. The van der Waals surface area contributed by atoms with Crippen LogP contribution in [0.1, 0.15) is 325 Å². The highest BCUT2D eigenvalue weighted by molar-refractivity contribution is 7.13. The zero-order valence-corrected chi connectivity index (χ0v) is 73.7. The summed E-state index contributed by atoms with van der Waals surface area (Å²) >= 11 is 3.47. The van der Waals surface area contributed by atoms with Gasteiger partial charge in [-0.05, 0) is 202 Å². The highest BCUT2D eigenvalue weighted by Gasteiger charge is 2.54. The standard InChI is InChI=1S/C120H98O4S2/c1-5-8-10-36-65-119(66-37-11-9-6-2)69-122-117-96(126-98(118(117)123-70-119)64-62-95-111-103-84-51-26-18-43-76(84)99(77-44-19-27-52-85(77)103)107(111)92(38-7-3)108-100-78-45-20-28-53-86(78)104(112(95)108)87-54-29-21-46-79(87)100)60-35-34-59-93-109-101-80-47-22-30-55-88(80)105(89-56-31-23-48-81(89)101)113(109)94(114-106-90-57-32-24-49-82(90)102(110(93)114)83-50-25-33-58-91(83)106)61-63-97-116-115(73(4)125-97)121-71-120(72-124-116,67-74-39-14-12-15-40-74)68-75-41-16-13-17-42-75/h12-33,39-58,99-106H,5-6,8-11,35-37,60,65-72H2,1-4H3. The smallest absolute Gasteiger partial charge is 0.188 e. The summed E-state index contributed by atoms with van der Waals surface area (Å²) in [4.78, 5) is 4.04. The quantitative estimate of drug-likeness (QED) is 0.0714. The lowest BCUT2D eigenvalue weighted by Crippen LogP contribution is -2.38. The number of fused-ring (bicyclic) bond motifs is 2. The number of ether oxygens (including phenoxy) is 4. The summed E-state index contributed by atoms with van der Waals surface area (Å²) in [5, 5.41) is 0. The van der Waals surface area contributed by atoms with Crippen LogP contribution in [-0.4, -0.2) is 26.4 Å². The molecule has 0 radical (unpaired) electrons. The van der Waals surface area contributed by atoms with Crippen LogP contribution in [0.15, 0.2) is 255 Å². The Balaban J connectivity index is 0.683. The SMILES string of the molecule is CC#Cc1c2c(c(C#Cc3sc(CCC#Cc4c5c(c(C#Cc6sc(C)c7c6OCC(Cc6ccccc6)(Cc6ccccc6)CO7)c6c4C4c7ccccc7C6c6ccccc64)C4c6ccccc6C5c5ccccc54)c4c3OCC(CCCCCC)(CCCCCC)CO4)c3c1C1c4ccccc4C3c3ccccc31)C1c3ccccc3C2c2ccccc21. The molecule has 4 nitrogen and oxygen atoms in total. The molecule has 0 saturated carbocycles. The maximum absolute atomic E-state index is 7.66. The van der Waals surface area contributed by atoms with E-state index in [0.29, 0.717) is 39.3 Å². The molecule has 28 rings (SSSR count). The van der Waals surface area contributed by atoms with Crippen LogP contribution in [0.4, 0.5) is 0 Å². The van der Waals surface area contributed by atoms with Crippen molar-refractivity contribution in [3.05, 3.63) is 441 Å². The molecule has 14 aromatic rings. The van der Waals surface area contributed by atoms with E-state index in [-0.39, 0.29) is 58.2 Å². The van der Waals surface area contributed by atoms with Gasteiger partial charge in [0.25, 0.3) is 0 Å². The first-order chi connectivity index (χ1) is 62.3. The van der Waals surface area contributed by atoms with Gasteiger partial charge in [0, 0.05) is 91.7 Å². The summed E-state index contributed by atoms with van der Waals surface area (Å²) in [6.07, 6.45) is 14.6. The van der Waals surface area contributed by atoms with E-state index in [1.807, 2.05) is 6.92 Å². The first-order valence-corrected chi connectivity index (χ1v) is 47.9. The van der Waals surface area contributed by atoms with Crippen molar-refractivity contribution >= 4 is 22.7 Å². The molecule has 614 valence electrons. The van der Waals surface area contributed by atoms with Gasteiger partial charge in [-0.15, -0.1) is 28.6 Å². The molecule has 0 unspecified atom stereocenters. The molecule has 0 atom stereocenters. The third-order valence-electron chi connectivity index (χ3n) is 30.0. The number of benzene rings is 12. The normalized spacial score (nSPS) is 19.6. The number of aryl methyl sites for hydroxylation is 2. The van der Waals surface area contributed by atoms with Gasteiger partial charge >= 0.3 is 0 Å². The van der Waals surface area contributed by atoms with Gasteiger partial charge in [-0.2, -0.15) is 0 Å². The third-order valence-corrected chi connectivity index (χ3v) is 32.2. The number of hydrogen-bond donors (Lipinski definition) is 0. The number of unbranched alkanes of at least 4 members (excludes halogenated alkanes) is 6. The van der Waals surface area contributed by atoms with E-state index in [4.69, 9.17) is 18.9 Å². The molecule has 126 heavy (non-hydrogen) atoms. The van der Waals surface area contributed by atoms with Gasteiger partial charge in [-0.3, -0.25) is 0 Å². The Morgan fingerprint density at radius 3 is 0.897 bits per heavy atom. The fourth-order valence-electron chi connectivity index (χ4n) is 24.8. The Morgan fingerprint density at radius 1 is 0.294 bits per heavy atom. The lowest BCUT2D eigenvalue weighted by molar-refractivity contribution is 0.0780. The Bertz CT molecular complexity index is 6600. The molecule has 0 N–H and O–H groups in total. The Morgan fingerprint density at radius 2 is 0.571 bits per heavy atom. The number of rotatable bonds is 16. The fraction of sp³-hybridized carbons (Fsp3) is 0.267. The van der Waals surface area contributed by atoms with Gasteiger partial charge in [0.15, 0.2) is 23.0 Å². The van der Waals surface area contributed by atoms with Crippen LogP contribution in [0.25, 0.3) is 0 Å². The van der Waals surface area contributed by atoms with Crippen LogP contribution in [0.3, 0.4) is 0 Å². The van der Waals surface area contributed by atoms with E-state index in [1.54, 1.807) is 22.7 Å². The molecule has 2 aromatic heterocycles. The molecule has 0 saturated heterocycles. The van der Waals surface area contributed by atoms with E-state index in [1.165, 1.54) is 189 Å². The van der Waals surface area contributed by atoms with Gasteiger partial charge in [-0.25, -0.2) is 0 Å². The van der Waals surface area contributed by atoms with Crippen LogP contribution in [-0.2, 0) is 19.3 Å². The predicted molar refractivity (Wildman–Crippen MR) is 510 cm³/mol.